The second-order valence-corrected chi connectivity index (χ2v) is 4.65. The van der Waals surface area contributed by atoms with E-state index >= 15 is 0 Å². The zero-order valence-electron chi connectivity index (χ0n) is 7.71. The van der Waals surface area contributed by atoms with Crippen LogP contribution in [0.4, 0.5) is 13.2 Å². The van der Waals surface area contributed by atoms with E-state index in [2.05, 4.69) is 0 Å². The fourth-order valence-corrected chi connectivity index (χ4v) is 2.10. The van der Waals surface area contributed by atoms with Crippen molar-refractivity contribution in [2.24, 2.45) is 0 Å². The van der Waals surface area contributed by atoms with Gasteiger partial charge in [-0.15, -0.1) is 0 Å². The van der Waals surface area contributed by atoms with E-state index in [0.29, 0.717) is 4.31 Å². The number of rotatable bonds is 1. The molecular weight excluding hydrogens is 207 g/mol. The van der Waals surface area contributed by atoms with Crippen LogP contribution in [-0.4, -0.2) is 31.3 Å². The molecule has 0 unspecified atom stereocenters. The van der Waals surface area contributed by atoms with E-state index in [1.165, 1.54) is 0 Å². The molecule has 0 aliphatic carbocycles. The summed E-state index contributed by atoms with van der Waals surface area (Å²) >= 11 is 0. The van der Waals surface area contributed by atoms with Gasteiger partial charge in [-0.1, -0.05) is 6.40 Å². The van der Waals surface area contributed by atoms with E-state index in [9.17, 15) is 21.6 Å². The van der Waals surface area contributed by atoms with Crippen molar-refractivity contribution in [3.8, 4) is 0 Å². The van der Waals surface area contributed by atoms with Gasteiger partial charge in [0, 0.05) is 14.5 Å². The topological polar surface area (TPSA) is 37.4 Å². The highest BCUT2D eigenvalue weighted by molar-refractivity contribution is 7.90. The van der Waals surface area contributed by atoms with Crippen LogP contribution in [0.3, 0.4) is 0 Å². The Morgan fingerprint density at radius 2 is 1.69 bits per heavy atom. The first-order valence-corrected chi connectivity index (χ1v) is 5.18. The molecule has 0 aromatic carbocycles. The van der Waals surface area contributed by atoms with E-state index in [-0.39, 0.29) is 25.9 Å². The van der Waals surface area contributed by atoms with Crippen molar-refractivity contribution in [2.75, 3.05) is 13.1 Å². The molecule has 1 aliphatic rings. The number of hydrogen-bond acceptors (Lipinski definition) is 2. The number of sulfonamides is 1. The Hall–Kier alpha value is -0.300. The molecular formula is C6H10F3NO2S. The Labute approximate surface area is 76.0 Å². The van der Waals surface area contributed by atoms with Crippen molar-refractivity contribution in [3.05, 3.63) is 0 Å². The summed E-state index contributed by atoms with van der Waals surface area (Å²) in [6.07, 6.45) is -0.125. The quantitative estimate of drug-likeness (QED) is 0.665. The molecule has 0 bridgehead atoms. The second-order valence-electron chi connectivity index (χ2n) is 2.72. The molecule has 0 aromatic heterocycles. The molecule has 0 N–H and O–H groups in total. The van der Waals surface area contributed by atoms with Crippen LogP contribution in [0.1, 0.15) is 20.6 Å². The summed E-state index contributed by atoms with van der Waals surface area (Å²) < 4.78 is 65.4. The van der Waals surface area contributed by atoms with Gasteiger partial charge in [-0.05, 0) is 12.8 Å². The molecule has 0 saturated carbocycles. The van der Waals surface area contributed by atoms with E-state index in [0.717, 1.165) is 0 Å². The third kappa shape index (κ3) is 2.14. The Morgan fingerprint density at radius 3 is 2.08 bits per heavy atom. The summed E-state index contributed by atoms with van der Waals surface area (Å²) in [6, 6.07) is 0. The van der Waals surface area contributed by atoms with Crippen LogP contribution < -0.4 is 0 Å². The molecule has 0 amide bonds. The van der Waals surface area contributed by atoms with Gasteiger partial charge in [0.25, 0.3) is 0 Å². The van der Waals surface area contributed by atoms with Crippen LogP contribution in [-0.2, 0) is 10.0 Å². The molecule has 78 valence electrons. The zero-order valence-corrected chi connectivity index (χ0v) is 7.53. The van der Waals surface area contributed by atoms with E-state index in [1.807, 2.05) is 0 Å². The van der Waals surface area contributed by atoms with Gasteiger partial charge in [-0.25, -0.2) is 8.42 Å². The number of alkyl halides is 3. The lowest BCUT2D eigenvalue weighted by molar-refractivity contribution is -0.0493. The summed E-state index contributed by atoms with van der Waals surface area (Å²) in [6.45, 7) is -0.425. The third-order valence-electron chi connectivity index (χ3n) is 1.80. The molecule has 1 heterocycles. The number of hydrogen-bond donors (Lipinski definition) is 0. The lowest BCUT2D eigenvalue weighted by Crippen LogP contribution is -2.43. The molecule has 1 fully saturated rings. The molecule has 0 atom stereocenters. The summed E-state index contributed by atoms with van der Waals surface area (Å²) in [5.41, 5.74) is -5.22. The molecule has 13 heavy (non-hydrogen) atoms. The normalized spacial score (nSPS) is 24.4. The number of halogens is 3. The molecule has 0 aromatic rings. The highest BCUT2D eigenvalue weighted by Crippen LogP contribution is 2.28. The maximum absolute atomic E-state index is 12.0. The monoisotopic (exact) mass is 218 g/mol. The van der Waals surface area contributed by atoms with Crippen molar-refractivity contribution >= 4 is 10.0 Å². The van der Waals surface area contributed by atoms with Crippen molar-refractivity contribution in [2.45, 2.75) is 24.7 Å². The van der Waals surface area contributed by atoms with Crippen LogP contribution in [0.25, 0.3) is 0 Å². The smallest absolute Gasteiger partial charge is 0.203 e. The predicted octanol–water partition coefficient (Wildman–Crippen LogP) is 1.32. The maximum Gasteiger partial charge on any atom is 0.511 e. The number of piperidine rings is 1. The predicted molar refractivity (Wildman–Crippen MR) is 40.4 cm³/mol. The maximum atomic E-state index is 12.0. The van der Waals surface area contributed by atoms with Gasteiger partial charge < -0.3 is 0 Å². The summed E-state index contributed by atoms with van der Waals surface area (Å²) in [7, 11) is -5.17. The molecule has 0 radical (unpaired) electrons. The minimum Gasteiger partial charge on any atom is -0.203 e. The zero-order chi connectivity index (χ0) is 11.0. The molecule has 1 saturated heterocycles. The van der Waals surface area contributed by atoms with Crippen LogP contribution in [0.5, 0.6) is 0 Å². The molecule has 1 rings (SSSR count). The summed E-state index contributed by atoms with van der Waals surface area (Å²) in [4.78, 5) is 0. The Bertz CT molecular complexity index is 295. The van der Waals surface area contributed by atoms with Gasteiger partial charge in [-0.3, -0.25) is 0 Å². The second kappa shape index (κ2) is 3.45. The SMILES string of the molecule is [2H]C1CCN(S(=O)(=O)C(F)(F)F)CC1. The van der Waals surface area contributed by atoms with Gasteiger partial charge in [0.05, 0.1) is 0 Å². The van der Waals surface area contributed by atoms with Crippen LogP contribution in [0.2, 0.25) is 0 Å². The van der Waals surface area contributed by atoms with Gasteiger partial charge in [0.15, 0.2) is 0 Å². The minimum atomic E-state index is -5.22. The summed E-state index contributed by atoms with van der Waals surface area (Å²) in [5.74, 6) is 0. The standard InChI is InChI=1S/C6H10F3NO2S/c7-6(8,9)13(11,12)10-4-2-1-3-5-10/h1-5H2/i1D. The number of nitrogens with zero attached hydrogens (tertiary/aromatic N) is 1. The van der Waals surface area contributed by atoms with Gasteiger partial charge >= 0.3 is 15.5 Å². The van der Waals surface area contributed by atoms with Gasteiger partial charge in [-0.2, -0.15) is 17.5 Å². The first-order valence-electron chi connectivity index (χ1n) is 4.31. The Balaban J connectivity index is 2.76. The minimum absolute atomic E-state index is 0.162. The van der Waals surface area contributed by atoms with Crippen molar-refractivity contribution in [1.29, 1.82) is 0 Å². The Morgan fingerprint density at radius 1 is 1.23 bits per heavy atom. The van der Waals surface area contributed by atoms with Crippen LogP contribution >= 0.6 is 0 Å². The van der Waals surface area contributed by atoms with E-state index < -0.39 is 21.9 Å². The van der Waals surface area contributed by atoms with Crippen molar-refractivity contribution < 1.29 is 23.0 Å². The van der Waals surface area contributed by atoms with Crippen molar-refractivity contribution in [3.63, 3.8) is 0 Å². The Kier molecular flexibility index (Phi) is 2.46. The summed E-state index contributed by atoms with van der Waals surface area (Å²) in [5, 5.41) is 0. The first-order chi connectivity index (χ1) is 6.25. The molecule has 3 nitrogen and oxygen atoms in total. The van der Waals surface area contributed by atoms with Gasteiger partial charge in [0.1, 0.15) is 0 Å². The highest BCUT2D eigenvalue weighted by Gasteiger charge is 2.49. The third-order valence-corrected chi connectivity index (χ3v) is 3.43. The molecule has 0 spiro atoms. The van der Waals surface area contributed by atoms with Crippen LogP contribution in [0, 0.1) is 0 Å². The fraction of sp³-hybridized carbons (Fsp3) is 1.00. The fourth-order valence-electron chi connectivity index (χ4n) is 1.11. The molecule has 1 aliphatic heterocycles. The lowest BCUT2D eigenvalue weighted by atomic mass is 10.2. The first kappa shape index (κ1) is 9.26. The highest BCUT2D eigenvalue weighted by atomic mass is 32.2. The van der Waals surface area contributed by atoms with E-state index in [4.69, 9.17) is 1.37 Å². The average molecular weight is 218 g/mol. The van der Waals surface area contributed by atoms with Crippen molar-refractivity contribution in [1.82, 2.24) is 4.31 Å². The molecule has 7 heteroatoms. The average Bonchev–Trinajstić information content (AvgIpc) is 2.03. The van der Waals surface area contributed by atoms with Crippen LogP contribution in [0.15, 0.2) is 0 Å². The lowest BCUT2D eigenvalue weighted by Gasteiger charge is -2.26. The largest absolute Gasteiger partial charge is 0.511 e. The van der Waals surface area contributed by atoms with Gasteiger partial charge in [0.2, 0.25) is 0 Å². The van der Waals surface area contributed by atoms with E-state index in [1.54, 1.807) is 0 Å².